The Hall–Kier alpha value is -1.48. The summed E-state index contributed by atoms with van der Waals surface area (Å²) in [5.41, 5.74) is 0. The minimum absolute atomic E-state index is 1.02. The van der Waals surface area contributed by atoms with Crippen LogP contribution < -0.4 is 0 Å². The summed E-state index contributed by atoms with van der Waals surface area (Å²) in [6, 6.07) is 0. The second kappa shape index (κ2) is 3.77. The number of alkyl halides is 6. The van der Waals surface area contributed by atoms with Crippen LogP contribution in [-0.4, -0.2) is 42.9 Å². The third-order valence-electron chi connectivity index (χ3n) is 1.85. The molecule has 0 bridgehead atoms. The first-order chi connectivity index (χ1) is 7.55. The summed E-state index contributed by atoms with van der Waals surface area (Å²) < 4.78 is 83.7. The highest BCUT2D eigenvalue weighted by atomic mass is 19.3. The van der Waals surface area contributed by atoms with E-state index in [-0.39, 0.29) is 0 Å². The Balaban J connectivity index is 3.30. The van der Waals surface area contributed by atoms with Crippen molar-refractivity contribution in [3.63, 3.8) is 0 Å². The minimum Gasteiger partial charge on any atom is -0.457 e. The zero-order valence-electron chi connectivity index (χ0n) is 7.81. The van der Waals surface area contributed by atoms with Crippen LogP contribution in [0.2, 0.25) is 0 Å². The predicted molar refractivity (Wildman–Crippen MR) is 36.8 cm³/mol. The number of halogens is 6. The lowest BCUT2D eigenvalue weighted by atomic mass is 10.1. The summed E-state index contributed by atoms with van der Waals surface area (Å²) in [6.07, 6.45) is 0. The first kappa shape index (κ1) is 13.6. The first-order valence-electron chi connectivity index (χ1n) is 4.03. The molecule has 1 heterocycles. The largest absolute Gasteiger partial charge is 0.457 e. The monoisotopic (exact) mass is 266 g/mol. The average molecular weight is 266 g/mol. The van der Waals surface area contributed by atoms with E-state index in [1.54, 1.807) is 0 Å². The maximum absolute atomic E-state index is 12.8. The fourth-order valence-electron chi connectivity index (χ4n) is 0.904. The molecule has 0 amide bonds. The quantitative estimate of drug-likeness (QED) is 0.484. The molecule has 0 aliphatic carbocycles. The first-order valence-corrected chi connectivity index (χ1v) is 4.03. The molecule has 0 atom stereocenters. The van der Waals surface area contributed by atoms with Crippen LogP contribution in [0.5, 0.6) is 0 Å². The van der Waals surface area contributed by atoms with E-state index >= 15 is 0 Å². The van der Waals surface area contributed by atoms with Gasteiger partial charge < -0.3 is 9.47 Å². The molecule has 0 N–H and O–H groups in total. The molecule has 0 saturated carbocycles. The highest BCUT2D eigenvalue weighted by Gasteiger charge is 2.79. The highest BCUT2D eigenvalue weighted by Crippen LogP contribution is 2.47. The van der Waals surface area contributed by atoms with E-state index in [1.807, 2.05) is 0 Å². The van der Waals surface area contributed by atoms with Gasteiger partial charge in [-0.1, -0.05) is 0 Å². The van der Waals surface area contributed by atoms with E-state index in [4.69, 9.17) is 0 Å². The Morgan fingerprint density at radius 3 is 1.35 bits per heavy atom. The van der Waals surface area contributed by atoms with E-state index < -0.39 is 42.9 Å². The van der Waals surface area contributed by atoms with Crippen LogP contribution >= 0.6 is 0 Å². The standard InChI is InChI=1S/C7H4F6O4/c8-5(9)3(14)16-1-2-17-4(15)6(10,11)7(5,12)13/h1-2H2. The van der Waals surface area contributed by atoms with Crippen LogP contribution in [0, 0.1) is 0 Å². The van der Waals surface area contributed by atoms with Crippen molar-refractivity contribution in [2.75, 3.05) is 13.2 Å². The molecule has 1 aliphatic rings. The van der Waals surface area contributed by atoms with Crippen molar-refractivity contribution in [3.05, 3.63) is 0 Å². The Morgan fingerprint density at radius 2 is 1.06 bits per heavy atom. The van der Waals surface area contributed by atoms with Crippen LogP contribution in [0.1, 0.15) is 0 Å². The van der Waals surface area contributed by atoms with E-state index in [2.05, 4.69) is 9.47 Å². The van der Waals surface area contributed by atoms with Crippen molar-refractivity contribution in [1.82, 2.24) is 0 Å². The van der Waals surface area contributed by atoms with Gasteiger partial charge >= 0.3 is 29.7 Å². The van der Waals surface area contributed by atoms with Crippen molar-refractivity contribution in [2.24, 2.45) is 0 Å². The van der Waals surface area contributed by atoms with Gasteiger partial charge in [-0.05, 0) is 0 Å². The molecule has 1 rings (SSSR count). The fraction of sp³-hybridized carbons (Fsp3) is 0.714. The molecule has 4 nitrogen and oxygen atoms in total. The molecule has 0 aromatic rings. The summed E-state index contributed by atoms with van der Waals surface area (Å²) in [5, 5.41) is 0. The molecule has 0 aromatic heterocycles. The summed E-state index contributed by atoms with van der Waals surface area (Å²) in [7, 11) is 0. The SMILES string of the molecule is O=C1OCCOC(=O)C(F)(F)C(F)(F)C1(F)F. The summed E-state index contributed by atoms with van der Waals surface area (Å²) in [5.74, 6) is -23.6. The molecule has 0 aromatic carbocycles. The maximum Gasteiger partial charge on any atom is 0.411 e. The molecular formula is C7H4F6O4. The van der Waals surface area contributed by atoms with Gasteiger partial charge in [0.05, 0.1) is 0 Å². The van der Waals surface area contributed by atoms with Crippen molar-refractivity contribution < 1.29 is 45.4 Å². The normalized spacial score (nSPS) is 27.2. The smallest absolute Gasteiger partial charge is 0.411 e. The Morgan fingerprint density at radius 1 is 0.765 bits per heavy atom. The molecule has 98 valence electrons. The lowest BCUT2D eigenvalue weighted by Crippen LogP contribution is -2.61. The van der Waals surface area contributed by atoms with E-state index in [9.17, 15) is 35.9 Å². The Bertz CT molecular complexity index is 320. The van der Waals surface area contributed by atoms with Crippen molar-refractivity contribution in [2.45, 2.75) is 17.8 Å². The van der Waals surface area contributed by atoms with Gasteiger partial charge in [-0.15, -0.1) is 0 Å². The number of ether oxygens (including phenoxy) is 2. The third kappa shape index (κ3) is 1.80. The average Bonchev–Trinajstić information content (AvgIpc) is 2.22. The molecule has 17 heavy (non-hydrogen) atoms. The zero-order valence-corrected chi connectivity index (χ0v) is 7.81. The van der Waals surface area contributed by atoms with Crippen LogP contribution in [-0.2, 0) is 19.1 Å². The second-order valence-electron chi connectivity index (χ2n) is 3.00. The molecule has 0 spiro atoms. The zero-order chi connectivity index (χ0) is 13.5. The van der Waals surface area contributed by atoms with Crippen molar-refractivity contribution in [1.29, 1.82) is 0 Å². The molecule has 1 saturated heterocycles. The summed E-state index contributed by atoms with van der Waals surface area (Å²) >= 11 is 0. The van der Waals surface area contributed by atoms with Crippen LogP contribution in [0.4, 0.5) is 26.3 Å². The number of cyclic esters (lactones) is 2. The van der Waals surface area contributed by atoms with Crippen molar-refractivity contribution >= 4 is 11.9 Å². The van der Waals surface area contributed by atoms with Crippen molar-refractivity contribution in [3.8, 4) is 0 Å². The lowest BCUT2D eigenvalue weighted by Gasteiger charge is -2.28. The molecular weight excluding hydrogens is 262 g/mol. The topological polar surface area (TPSA) is 52.6 Å². The van der Waals surface area contributed by atoms with Gasteiger partial charge in [-0.2, -0.15) is 26.3 Å². The predicted octanol–water partition coefficient (Wildman–Crippen LogP) is 0.992. The van der Waals surface area contributed by atoms with Crippen LogP contribution in [0.3, 0.4) is 0 Å². The van der Waals surface area contributed by atoms with Gasteiger partial charge in [0.25, 0.3) is 0 Å². The van der Waals surface area contributed by atoms with Gasteiger partial charge in [0.1, 0.15) is 13.2 Å². The van der Waals surface area contributed by atoms with Gasteiger partial charge in [0.15, 0.2) is 0 Å². The van der Waals surface area contributed by atoms with Gasteiger partial charge in [-0.3, -0.25) is 0 Å². The number of hydrogen-bond acceptors (Lipinski definition) is 4. The summed E-state index contributed by atoms with van der Waals surface area (Å²) in [6.45, 7) is -2.04. The molecule has 1 aliphatic heterocycles. The summed E-state index contributed by atoms with van der Waals surface area (Å²) in [4.78, 5) is 21.0. The lowest BCUT2D eigenvalue weighted by molar-refractivity contribution is -0.297. The maximum atomic E-state index is 12.8. The Kier molecular flexibility index (Phi) is 3.02. The molecule has 1 fully saturated rings. The van der Waals surface area contributed by atoms with E-state index in [1.165, 1.54) is 0 Å². The Labute approximate surface area is 89.5 Å². The van der Waals surface area contributed by atoms with Crippen LogP contribution in [0.15, 0.2) is 0 Å². The molecule has 0 unspecified atom stereocenters. The van der Waals surface area contributed by atoms with E-state index in [0.717, 1.165) is 0 Å². The number of hydrogen-bond donors (Lipinski definition) is 0. The fourth-order valence-corrected chi connectivity index (χ4v) is 0.904. The molecule has 10 heteroatoms. The van der Waals surface area contributed by atoms with E-state index in [0.29, 0.717) is 0 Å². The second-order valence-corrected chi connectivity index (χ2v) is 3.00. The van der Waals surface area contributed by atoms with Gasteiger partial charge in [-0.25, -0.2) is 9.59 Å². The third-order valence-corrected chi connectivity index (χ3v) is 1.85. The number of carbonyl (C=O) groups is 2. The molecule has 0 radical (unpaired) electrons. The number of esters is 2. The number of rotatable bonds is 0. The minimum atomic E-state index is -6.24. The van der Waals surface area contributed by atoms with Gasteiger partial charge in [0.2, 0.25) is 0 Å². The van der Waals surface area contributed by atoms with Crippen LogP contribution in [0.25, 0.3) is 0 Å². The van der Waals surface area contributed by atoms with Gasteiger partial charge in [0, 0.05) is 0 Å². The highest BCUT2D eigenvalue weighted by molar-refractivity contribution is 5.85. The number of carbonyl (C=O) groups excluding carboxylic acids is 2.